The van der Waals surface area contributed by atoms with Gasteiger partial charge in [-0.3, -0.25) is 14.5 Å². The summed E-state index contributed by atoms with van der Waals surface area (Å²) in [6.45, 7) is 1.34. The maximum absolute atomic E-state index is 12.3. The SMILES string of the molecule is O=C1c2ccccc2C(=O)N1CCCOc1ccc(OCCCCl)cc1. The lowest BCUT2D eigenvalue weighted by atomic mass is 10.1. The van der Waals surface area contributed by atoms with Gasteiger partial charge in [-0.15, -0.1) is 11.6 Å². The van der Waals surface area contributed by atoms with E-state index in [1.807, 2.05) is 24.3 Å². The van der Waals surface area contributed by atoms with E-state index in [-0.39, 0.29) is 11.8 Å². The first-order chi connectivity index (χ1) is 12.7. The predicted molar refractivity (Wildman–Crippen MR) is 99.2 cm³/mol. The van der Waals surface area contributed by atoms with Gasteiger partial charge in [0.05, 0.1) is 24.3 Å². The summed E-state index contributed by atoms with van der Waals surface area (Å²) in [7, 11) is 0. The average Bonchev–Trinajstić information content (AvgIpc) is 2.91. The third-order valence-electron chi connectivity index (χ3n) is 4.04. The summed E-state index contributed by atoms with van der Waals surface area (Å²) in [6.07, 6.45) is 1.37. The second kappa shape index (κ2) is 8.72. The highest BCUT2D eigenvalue weighted by molar-refractivity contribution is 6.21. The first-order valence-electron chi connectivity index (χ1n) is 8.57. The highest BCUT2D eigenvalue weighted by Crippen LogP contribution is 2.22. The van der Waals surface area contributed by atoms with E-state index in [9.17, 15) is 9.59 Å². The largest absolute Gasteiger partial charge is 0.494 e. The third-order valence-corrected chi connectivity index (χ3v) is 4.31. The first-order valence-corrected chi connectivity index (χ1v) is 9.11. The van der Waals surface area contributed by atoms with Crippen LogP contribution in [0.3, 0.4) is 0 Å². The van der Waals surface area contributed by atoms with Crippen molar-refractivity contribution in [2.75, 3.05) is 25.6 Å². The lowest BCUT2D eigenvalue weighted by Gasteiger charge is -2.14. The van der Waals surface area contributed by atoms with Crippen molar-refractivity contribution in [3.8, 4) is 11.5 Å². The van der Waals surface area contributed by atoms with Gasteiger partial charge in [-0.2, -0.15) is 0 Å². The van der Waals surface area contributed by atoms with Crippen LogP contribution < -0.4 is 9.47 Å². The molecule has 2 amide bonds. The summed E-state index contributed by atoms with van der Waals surface area (Å²) in [5, 5.41) is 0. The summed E-state index contributed by atoms with van der Waals surface area (Å²) in [6, 6.07) is 14.2. The zero-order chi connectivity index (χ0) is 18.4. The average molecular weight is 374 g/mol. The molecular formula is C20H20ClNO4. The Morgan fingerprint density at radius 2 is 1.27 bits per heavy atom. The lowest BCUT2D eigenvalue weighted by molar-refractivity contribution is 0.0646. The van der Waals surface area contributed by atoms with Crippen molar-refractivity contribution in [1.82, 2.24) is 4.90 Å². The minimum atomic E-state index is -0.232. The molecule has 3 rings (SSSR count). The molecule has 2 aromatic rings. The maximum Gasteiger partial charge on any atom is 0.261 e. The van der Waals surface area contributed by atoms with Crippen LogP contribution in [0.2, 0.25) is 0 Å². The van der Waals surface area contributed by atoms with Crippen LogP contribution in [-0.2, 0) is 0 Å². The molecule has 0 unspecified atom stereocenters. The standard InChI is InChI=1S/C20H20ClNO4/c21-11-3-13-25-15-7-9-16(10-8-15)26-14-4-12-22-19(23)17-5-1-2-6-18(17)20(22)24/h1-2,5-10H,3-4,11-14H2. The first kappa shape index (κ1) is 18.3. The number of benzene rings is 2. The van der Waals surface area contributed by atoms with Gasteiger partial charge in [-0.05, 0) is 49.2 Å². The second-order valence-corrected chi connectivity index (χ2v) is 6.25. The van der Waals surface area contributed by atoms with Crippen LogP contribution in [0.25, 0.3) is 0 Å². The fraction of sp³-hybridized carbons (Fsp3) is 0.300. The minimum Gasteiger partial charge on any atom is -0.494 e. The molecule has 0 saturated heterocycles. The molecule has 0 N–H and O–H groups in total. The van der Waals surface area contributed by atoms with E-state index in [2.05, 4.69) is 0 Å². The molecule has 0 spiro atoms. The third kappa shape index (κ3) is 4.17. The molecule has 0 fully saturated rings. The van der Waals surface area contributed by atoms with Crippen molar-refractivity contribution in [1.29, 1.82) is 0 Å². The van der Waals surface area contributed by atoms with Crippen LogP contribution in [0.1, 0.15) is 33.6 Å². The summed E-state index contributed by atoms with van der Waals surface area (Å²) in [5.41, 5.74) is 0.950. The van der Waals surface area contributed by atoms with Gasteiger partial charge in [0.1, 0.15) is 11.5 Å². The number of nitrogens with zero attached hydrogens (tertiary/aromatic N) is 1. The van der Waals surface area contributed by atoms with Gasteiger partial charge in [-0.1, -0.05) is 12.1 Å². The van der Waals surface area contributed by atoms with Gasteiger partial charge in [-0.25, -0.2) is 0 Å². The van der Waals surface area contributed by atoms with Crippen LogP contribution >= 0.6 is 11.6 Å². The van der Waals surface area contributed by atoms with E-state index in [1.165, 1.54) is 4.90 Å². The van der Waals surface area contributed by atoms with Gasteiger partial charge in [0.25, 0.3) is 11.8 Å². The van der Waals surface area contributed by atoms with Gasteiger partial charge in [0.2, 0.25) is 0 Å². The van der Waals surface area contributed by atoms with E-state index >= 15 is 0 Å². The number of halogens is 1. The number of rotatable bonds is 9. The highest BCUT2D eigenvalue weighted by Gasteiger charge is 2.34. The molecule has 0 radical (unpaired) electrons. The van der Waals surface area contributed by atoms with Crippen LogP contribution in [0.15, 0.2) is 48.5 Å². The van der Waals surface area contributed by atoms with Crippen LogP contribution in [-0.4, -0.2) is 42.4 Å². The molecule has 136 valence electrons. The van der Waals surface area contributed by atoms with E-state index in [1.54, 1.807) is 24.3 Å². The Hall–Kier alpha value is -2.53. The zero-order valence-corrected chi connectivity index (χ0v) is 15.1. The second-order valence-electron chi connectivity index (χ2n) is 5.87. The Morgan fingerprint density at radius 1 is 0.769 bits per heavy atom. The minimum absolute atomic E-state index is 0.232. The van der Waals surface area contributed by atoms with E-state index in [0.717, 1.165) is 17.9 Å². The van der Waals surface area contributed by atoms with Crippen molar-refractivity contribution < 1.29 is 19.1 Å². The van der Waals surface area contributed by atoms with Crippen LogP contribution in [0, 0.1) is 0 Å². The molecule has 0 saturated carbocycles. The summed E-state index contributed by atoms with van der Waals surface area (Å²) < 4.78 is 11.2. The molecular weight excluding hydrogens is 354 g/mol. The zero-order valence-electron chi connectivity index (χ0n) is 14.3. The van der Waals surface area contributed by atoms with Crippen LogP contribution in [0.4, 0.5) is 0 Å². The van der Waals surface area contributed by atoms with Gasteiger partial charge in [0.15, 0.2) is 0 Å². The number of amides is 2. The Bertz CT molecular complexity index is 741. The Balaban J connectivity index is 1.43. The number of hydrogen-bond donors (Lipinski definition) is 0. The number of ether oxygens (including phenoxy) is 2. The maximum atomic E-state index is 12.3. The van der Waals surface area contributed by atoms with Gasteiger partial charge < -0.3 is 9.47 Å². The molecule has 1 heterocycles. The molecule has 6 heteroatoms. The highest BCUT2D eigenvalue weighted by atomic mass is 35.5. The fourth-order valence-corrected chi connectivity index (χ4v) is 2.84. The van der Waals surface area contributed by atoms with Crippen molar-refractivity contribution in [3.63, 3.8) is 0 Å². The molecule has 1 aliphatic heterocycles. The van der Waals surface area contributed by atoms with Crippen molar-refractivity contribution in [3.05, 3.63) is 59.7 Å². The van der Waals surface area contributed by atoms with Crippen molar-refractivity contribution in [2.24, 2.45) is 0 Å². The normalized spacial score (nSPS) is 13.0. The molecule has 2 aromatic carbocycles. The number of imide groups is 1. The number of hydrogen-bond acceptors (Lipinski definition) is 4. The van der Waals surface area contributed by atoms with Crippen molar-refractivity contribution in [2.45, 2.75) is 12.8 Å². The predicted octanol–water partition coefficient (Wildman–Crippen LogP) is 3.76. The molecule has 5 nitrogen and oxygen atoms in total. The fourth-order valence-electron chi connectivity index (χ4n) is 2.73. The van der Waals surface area contributed by atoms with Crippen LogP contribution in [0.5, 0.6) is 11.5 Å². The summed E-state index contributed by atoms with van der Waals surface area (Å²) in [5.74, 6) is 1.60. The lowest BCUT2D eigenvalue weighted by Crippen LogP contribution is -2.31. The Labute approximate surface area is 157 Å². The molecule has 26 heavy (non-hydrogen) atoms. The van der Waals surface area contributed by atoms with E-state index < -0.39 is 0 Å². The van der Waals surface area contributed by atoms with Gasteiger partial charge >= 0.3 is 0 Å². The Kier molecular flexibility index (Phi) is 6.12. The Morgan fingerprint density at radius 3 is 1.77 bits per heavy atom. The van der Waals surface area contributed by atoms with E-state index in [0.29, 0.717) is 43.2 Å². The van der Waals surface area contributed by atoms with Crippen molar-refractivity contribution >= 4 is 23.4 Å². The summed E-state index contributed by atoms with van der Waals surface area (Å²) >= 11 is 5.61. The quantitative estimate of drug-likeness (QED) is 0.381. The molecule has 0 aromatic heterocycles. The molecule has 0 bridgehead atoms. The van der Waals surface area contributed by atoms with E-state index in [4.69, 9.17) is 21.1 Å². The number of fused-ring (bicyclic) bond motifs is 1. The number of alkyl halides is 1. The topological polar surface area (TPSA) is 55.8 Å². The number of carbonyl (C=O) groups is 2. The molecule has 0 aliphatic carbocycles. The summed E-state index contributed by atoms with van der Waals surface area (Å²) in [4.78, 5) is 25.8. The number of carbonyl (C=O) groups excluding carboxylic acids is 2. The molecule has 0 atom stereocenters. The van der Waals surface area contributed by atoms with Gasteiger partial charge in [0, 0.05) is 12.4 Å². The molecule has 1 aliphatic rings. The smallest absolute Gasteiger partial charge is 0.261 e. The monoisotopic (exact) mass is 373 g/mol.